The van der Waals surface area contributed by atoms with Crippen LogP contribution in [-0.4, -0.2) is 52.8 Å². The van der Waals surface area contributed by atoms with E-state index in [4.69, 9.17) is 0 Å². The highest BCUT2D eigenvalue weighted by atomic mass is 16.2. The van der Waals surface area contributed by atoms with Gasteiger partial charge in [0.2, 0.25) is 17.7 Å². The second-order valence-corrected chi connectivity index (χ2v) is 8.28. The Kier molecular flexibility index (Phi) is 6.14. The van der Waals surface area contributed by atoms with Crippen LogP contribution in [0, 0.1) is 0 Å². The minimum absolute atomic E-state index is 0.0257. The third-order valence-corrected chi connectivity index (χ3v) is 6.08. The van der Waals surface area contributed by atoms with E-state index in [1.54, 1.807) is 34.9 Å². The van der Waals surface area contributed by atoms with Crippen LogP contribution < -0.4 is 15.5 Å². The van der Waals surface area contributed by atoms with Gasteiger partial charge < -0.3 is 15.5 Å². The Morgan fingerprint density at radius 2 is 1.87 bits per heavy atom. The number of carbonyl (C=O) groups is 4. The number of amides is 4. The number of fused-ring (bicyclic) bond motifs is 3. The Morgan fingerprint density at radius 1 is 1.17 bits per heavy atom. The summed E-state index contributed by atoms with van der Waals surface area (Å²) in [6.45, 7) is 7.54. The Balaban J connectivity index is 1.69. The number of carbonyl (C=O) groups excluding carboxylic acids is 4. The quantitative estimate of drug-likeness (QED) is 0.711. The number of hydrogen-bond donors (Lipinski definition) is 2. The van der Waals surface area contributed by atoms with Gasteiger partial charge >= 0.3 is 0 Å². The highest BCUT2D eigenvalue weighted by molar-refractivity contribution is 6.10. The van der Waals surface area contributed by atoms with Crippen molar-refractivity contribution in [3.8, 4) is 0 Å². The Morgan fingerprint density at radius 3 is 2.57 bits per heavy atom. The number of para-hydroxylation sites is 1. The van der Waals surface area contributed by atoms with E-state index >= 15 is 0 Å². The number of anilines is 1. The van der Waals surface area contributed by atoms with Crippen LogP contribution in [0.5, 0.6) is 0 Å². The molecule has 0 bridgehead atoms. The van der Waals surface area contributed by atoms with Crippen LogP contribution in [-0.2, 0) is 14.4 Å². The number of benzene rings is 1. The zero-order valence-electron chi connectivity index (χ0n) is 18.0. The highest BCUT2D eigenvalue weighted by Gasteiger charge is 2.52. The average molecular weight is 415 g/mol. The maximum absolute atomic E-state index is 13.2. The second kappa shape index (κ2) is 8.45. The normalized spacial score (nSPS) is 22.3. The van der Waals surface area contributed by atoms with Gasteiger partial charge in [0.05, 0.1) is 11.3 Å². The molecular formula is C22H30N4O4. The molecule has 162 valence electrons. The van der Waals surface area contributed by atoms with Crippen molar-refractivity contribution in [2.45, 2.75) is 71.1 Å². The zero-order chi connectivity index (χ0) is 22.1. The van der Waals surface area contributed by atoms with E-state index in [2.05, 4.69) is 10.6 Å². The molecule has 0 spiro atoms. The summed E-state index contributed by atoms with van der Waals surface area (Å²) in [7, 11) is 0. The standard InChI is InChI=1S/C22H30N4O4/c1-5-14(2)23-20(29)15(3)24-18(27)11-13-25-21(30)16-8-6-7-9-17(16)26-19(28)10-12-22(25,26)4/h6-9,14-15H,5,10-13H2,1-4H3,(H,23,29)(H,24,27). The molecule has 0 aromatic heterocycles. The van der Waals surface area contributed by atoms with Crippen molar-refractivity contribution < 1.29 is 19.2 Å². The number of hydrogen-bond acceptors (Lipinski definition) is 4. The van der Waals surface area contributed by atoms with Gasteiger partial charge in [-0.15, -0.1) is 0 Å². The molecule has 2 heterocycles. The fourth-order valence-corrected chi connectivity index (χ4v) is 4.10. The van der Waals surface area contributed by atoms with E-state index in [9.17, 15) is 19.2 Å². The number of rotatable bonds is 7. The van der Waals surface area contributed by atoms with Gasteiger partial charge in [-0.2, -0.15) is 0 Å². The minimum atomic E-state index is -0.789. The molecule has 30 heavy (non-hydrogen) atoms. The van der Waals surface area contributed by atoms with E-state index in [0.717, 1.165) is 6.42 Å². The van der Waals surface area contributed by atoms with Gasteiger partial charge in [-0.25, -0.2) is 0 Å². The Bertz CT molecular complexity index is 870. The van der Waals surface area contributed by atoms with E-state index in [0.29, 0.717) is 24.1 Å². The Hall–Kier alpha value is -2.90. The summed E-state index contributed by atoms with van der Waals surface area (Å²) < 4.78 is 0. The molecule has 0 aliphatic carbocycles. The molecule has 3 unspecified atom stereocenters. The van der Waals surface area contributed by atoms with E-state index in [-0.39, 0.29) is 42.6 Å². The first-order valence-corrected chi connectivity index (χ1v) is 10.5. The zero-order valence-corrected chi connectivity index (χ0v) is 18.0. The molecule has 1 aromatic rings. The summed E-state index contributed by atoms with van der Waals surface area (Å²) in [5.74, 6) is -0.759. The molecule has 2 aliphatic rings. The molecule has 8 heteroatoms. The van der Waals surface area contributed by atoms with Crippen molar-refractivity contribution >= 4 is 29.3 Å². The van der Waals surface area contributed by atoms with Crippen LogP contribution in [0.1, 0.15) is 63.7 Å². The van der Waals surface area contributed by atoms with Crippen LogP contribution in [0.2, 0.25) is 0 Å². The lowest BCUT2D eigenvalue weighted by molar-refractivity contribution is -0.129. The average Bonchev–Trinajstić information content (AvgIpc) is 3.02. The molecule has 0 saturated carbocycles. The number of nitrogens with zero attached hydrogens (tertiary/aromatic N) is 2. The fourth-order valence-electron chi connectivity index (χ4n) is 4.10. The van der Waals surface area contributed by atoms with Gasteiger partial charge in [-0.1, -0.05) is 19.1 Å². The topological polar surface area (TPSA) is 98.8 Å². The van der Waals surface area contributed by atoms with Gasteiger partial charge in [-0.05, 0) is 45.7 Å². The summed E-state index contributed by atoms with van der Waals surface area (Å²) in [5, 5.41) is 5.53. The molecule has 2 aliphatic heterocycles. The van der Waals surface area contributed by atoms with Gasteiger partial charge in [0.25, 0.3) is 5.91 Å². The van der Waals surface area contributed by atoms with Crippen LogP contribution in [0.15, 0.2) is 24.3 Å². The summed E-state index contributed by atoms with van der Waals surface area (Å²) >= 11 is 0. The van der Waals surface area contributed by atoms with Gasteiger partial charge in [0.1, 0.15) is 11.7 Å². The lowest BCUT2D eigenvalue weighted by Crippen LogP contribution is -2.62. The van der Waals surface area contributed by atoms with Crippen molar-refractivity contribution in [1.29, 1.82) is 0 Å². The molecule has 0 radical (unpaired) electrons. The first-order valence-electron chi connectivity index (χ1n) is 10.5. The molecule has 1 aromatic carbocycles. The molecular weight excluding hydrogens is 384 g/mol. The fraction of sp³-hybridized carbons (Fsp3) is 0.545. The minimum Gasteiger partial charge on any atom is -0.352 e. The van der Waals surface area contributed by atoms with Crippen molar-refractivity contribution in [3.05, 3.63) is 29.8 Å². The predicted octanol–water partition coefficient (Wildman–Crippen LogP) is 1.79. The van der Waals surface area contributed by atoms with Gasteiger partial charge in [0, 0.05) is 25.4 Å². The lowest BCUT2D eigenvalue weighted by atomic mass is 9.98. The molecule has 4 amide bonds. The van der Waals surface area contributed by atoms with Crippen LogP contribution >= 0.6 is 0 Å². The first-order chi connectivity index (χ1) is 14.2. The van der Waals surface area contributed by atoms with Crippen LogP contribution in [0.25, 0.3) is 0 Å². The monoisotopic (exact) mass is 414 g/mol. The van der Waals surface area contributed by atoms with Crippen LogP contribution in [0.3, 0.4) is 0 Å². The highest BCUT2D eigenvalue weighted by Crippen LogP contribution is 2.43. The summed E-state index contributed by atoms with van der Waals surface area (Å²) in [4.78, 5) is 53.6. The molecule has 1 saturated heterocycles. The maximum Gasteiger partial charge on any atom is 0.257 e. The molecule has 8 nitrogen and oxygen atoms in total. The summed E-state index contributed by atoms with van der Waals surface area (Å²) in [5.41, 5.74) is 0.304. The Labute approximate surface area is 177 Å². The third-order valence-electron chi connectivity index (χ3n) is 6.08. The van der Waals surface area contributed by atoms with E-state index in [1.807, 2.05) is 26.8 Å². The largest absolute Gasteiger partial charge is 0.352 e. The van der Waals surface area contributed by atoms with Crippen molar-refractivity contribution in [1.82, 2.24) is 15.5 Å². The van der Waals surface area contributed by atoms with Crippen molar-refractivity contribution in [2.24, 2.45) is 0 Å². The molecule has 1 fully saturated rings. The second-order valence-electron chi connectivity index (χ2n) is 8.28. The predicted molar refractivity (Wildman–Crippen MR) is 113 cm³/mol. The maximum atomic E-state index is 13.2. The van der Waals surface area contributed by atoms with E-state index in [1.165, 1.54) is 0 Å². The summed E-state index contributed by atoms with van der Waals surface area (Å²) in [6.07, 6.45) is 1.72. The third kappa shape index (κ3) is 3.91. The van der Waals surface area contributed by atoms with Crippen molar-refractivity contribution in [2.75, 3.05) is 11.4 Å². The number of nitrogens with one attached hydrogen (secondary N) is 2. The van der Waals surface area contributed by atoms with Gasteiger partial charge in [-0.3, -0.25) is 24.1 Å². The first kappa shape index (κ1) is 21.8. The molecule has 3 atom stereocenters. The van der Waals surface area contributed by atoms with Crippen LogP contribution in [0.4, 0.5) is 5.69 Å². The van der Waals surface area contributed by atoms with E-state index < -0.39 is 11.7 Å². The lowest BCUT2D eigenvalue weighted by Gasteiger charge is -2.48. The smallest absolute Gasteiger partial charge is 0.257 e. The molecule has 3 rings (SSSR count). The SMILES string of the molecule is CCC(C)NC(=O)C(C)NC(=O)CCN1C(=O)c2ccccc2N2C(=O)CCC12C. The summed E-state index contributed by atoms with van der Waals surface area (Å²) in [6, 6.07) is 6.45. The van der Waals surface area contributed by atoms with Crippen molar-refractivity contribution in [3.63, 3.8) is 0 Å². The van der Waals surface area contributed by atoms with Gasteiger partial charge in [0.15, 0.2) is 0 Å². The molecule has 2 N–H and O–H groups in total.